The Bertz CT molecular complexity index is 585. The molecule has 0 radical (unpaired) electrons. The van der Waals surface area contributed by atoms with E-state index in [0.717, 1.165) is 5.56 Å². The Hall–Kier alpha value is -1.59. The first-order valence-corrected chi connectivity index (χ1v) is 10.8. The number of hydrogen-bond acceptors (Lipinski definition) is 3. The van der Waals surface area contributed by atoms with Crippen molar-refractivity contribution in [1.82, 2.24) is 0 Å². The van der Waals surface area contributed by atoms with E-state index in [-0.39, 0.29) is 11.0 Å². The zero-order valence-corrected chi connectivity index (χ0v) is 16.0. The lowest BCUT2D eigenvalue weighted by Gasteiger charge is -2.28. The quantitative estimate of drug-likeness (QED) is 0.612. The van der Waals surface area contributed by atoms with Gasteiger partial charge in [0.15, 0.2) is 0 Å². The largest absolute Gasteiger partial charge is 0.547 e. The highest BCUT2D eigenvalue weighted by Crippen LogP contribution is 2.39. The second-order valence-electron chi connectivity index (χ2n) is 6.92. The average Bonchev–Trinajstić information content (AvgIpc) is 2.42. The number of hydrogen-bond donors (Lipinski definition) is 2. The van der Waals surface area contributed by atoms with E-state index in [1.807, 2.05) is 19.1 Å². The number of allylic oxidation sites excluding steroid dienone is 1. The molecule has 0 aromatic heterocycles. The molecule has 0 aliphatic heterocycles. The lowest BCUT2D eigenvalue weighted by atomic mass is 9.84. The summed E-state index contributed by atoms with van der Waals surface area (Å²) in [5, 5.41) is 20.0. The van der Waals surface area contributed by atoms with Gasteiger partial charge < -0.3 is 14.6 Å². The van der Waals surface area contributed by atoms with Crippen LogP contribution in [0.3, 0.4) is 0 Å². The molecule has 128 valence electrons. The fourth-order valence-electron chi connectivity index (χ4n) is 2.43. The van der Waals surface area contributed by atoms with Gasteiger partial charge in [-0.15, -0.1) is 0 Å². The van der Waals surface area contributed by atoms with E-state index < -0.39 is 21.1 Å². The Morgan fingerprint density at radius 1 is 1.35 bits per heavy atom. The lowest BCUT2D eigenvalue weighted by Crippen LogP contribution is -2.21. The van der Waals surface area contributed by atoms with Gasteiger partial charge in [0.2, 0.25) is 9.04 Å². The highest BCUT2D eigenvalue weighted by Gasteiger charge is 2.28. The van der Waals surface area contributed by atoms with Crippen LogP contribution in [0.15, 0.2) is 29.8 Å². The van der Waals surface area contributed by atoms with Crippen molar-refractivity contribution in [3.05, 3.63) is 41.0 Å². The molecule has 1 atom stereocenters. The number of aliphatic hydroxyl groups is 1. The Balaban J connectivity index is 3.51. The van der Waals surface area contributed by atoms with Crippen LogP contribution in [0.1, 0.15) is 51.3 Å². The van der Waals surface area contributed by atoms with Crippen LogP contribution in [0, 0.1) is 0 Å². The molecular formula is C18H28O4Si. The first-order valence-electron chi connectivity index (χ1n) is 8.01. The Labute approximate surface area is 140 Å². The van der Waals surface area contributed by atoms with E-state index in [4.69, 9.17) is 4.43 Å². The molecule has 0 fully saturated rings. The van der Waals surface area contributed by atoms with Crippen molar-refractivity contribution in [2.24, 2.45) is 0 Å². The van der Waals surface area contributed by atoms with Gasteiger partial charge in [-0.05, 0) is 30.5 Å². The minimum Gasteiger partial charge on any atom is -0.547 e. The summed E-state index contributed by atoms with van der Waals surface area (Å²) in [6, 6.07) is 5.57. The molecule has 0 amide bonds. The van der Waals surface area contributed by atoms with E-state index in [2.05, 4.69) is 33.9 Å². The van der Waals surface area contributed by atoms with Crippen LogP contribution < -0.4 is 4.43 Å². The molecule has 0 spiro atoms. The maximum Gasteiger partial charge on any atom is 0.334 e. The number of carboxylic acid groups (broad SMARTS) is 1. The standard InChI is InChI=1S/C18H28O4Si/c1-7-9-13(17(20)21)15(19)12-10-8-11-14(18(2,3)4)16(12)22-23(5)6/h8-11,15,19,23H,7H2,1-6H3,(H,20,21). The second-order valence-corrected chi connectivity index (χ2v) is 9.25. The highest BCUT2D eigenvalue weighted by molar-refractivity contribution is 6.49. The SMILES string of the molecule is CCC=C(C(=O)O)C(O)c1cccc(C(C)(C)C)c1O[SiH](C)C. The van der Waals surface area contributed by atoms with Gasteiger partial charge in [0.05, 0.1) is 5.57 Å². The van der Waals surface area contributed by atoms with Crippen LogP contribution in [0.25, 0.3) is 0 Å². The van der Waals surface area contributed by atoms with Crippen LogP contribution >= 0.6 is 0 Å². The number of aliphatic carboxylic acids is 1. The minimum absolute atomic E-state index is 0.00571. The smallest absolute Gasteiger partial charge is 0.334 e. The summed E-state index contributed by atoms with van der Waals surface area (Å²) < 4.78 is 6.09. The number of para-hydroxylation sites is 1. The number of rotatable bonds is 6. The van der Waals surface area contributed by atoms with Crippen molar-refractivity contribution in [3.63, 3.8) is 0 Å². The molecule has 0 aliphatic rings. The van der Waals surface area contributed by atoms with Crippen LogP contribution in [0.2, 0.25) is 13.1 Å². The van der Waals surface area contributed by atoms with Crippen LogP contribution in [-0.4, -0.2) is 25.2 Å². The van der Waals surface area contributed by atoms with E-state index in [1.54, 1.807) is 12.1 Å². The Morgan fingerprint density at radius 2 is 1.96 bits per heavy atom. The Kier molecular flexibility index (Phi) is 6.59. The average molecular weight is 337 g/mol. The summed E-state index contributed by atoms with van der Waals surface area (Å²) in [4.78, 5) is 11.5. The zero-order valence-electron chi connectivity index (χ0n) is 14.9. The second kappa shape index (κ2) is 7.79. The molecule has 0 bridgehead atoms. The van der Waals surface area contributed by atoms with Crippen molar-refractivity contribution < 1.29 is 19.4 Å². The molecule has 0 saturated heterocycles. The van der Waals surface area contributed by atoms with Gasteiger partial charge in [-0.3, -0.25) is 0 Å². The van der Waals surface area contributed by atoms with Crippen LogP contribution in [0.4, 0.5) is 0 Å². The van der Waals surface area contributed by atoms with Gasteiger partial charge in [-0.1, -0.05) is 52.0 Å². The minimum atomic E-state index is -1.42. The topological polar surface area (TPSA) is 66.8 Å². The summed E-state index contributed by atoms with van der Waals surface area (Å²) in [5.74, 6) is -0.467. The summed E-state index contributed by atoms with van der Waals surface area (Å²) in [7, 11) is -1.42. The van der Waals surface area contributed by atoms with Crippen molar-refractivity contribution in [2.45, 2.75) is 58.7 Å². The third-order valence-corrected chi connectivity index (χ3v) is 4.17. The molecule has 0 saturated carbocycles. The first kappa shape index (κ1) is 19.5. The van der Waals surface area contributed by atoms with Gasteiger partial charge >= 0.3 is 5.97 Å². The lowest BCUT2D eigenvalue weighted by molar-refractivity contribution is -0.133. The van der Waals surface area contributed by atoms with Crippen molar-refractivity contribution in [2.75, 3.05) is 0 Å². The maximum absolute atomic E-state index is 11.5. The van der Waals surface area contributed by atoms with Crippen LogP contribution in [0.5, 0.6) is 5.75 Å². The van der Waals surface area contributed by atoms with E-state index >= 15 is 0 Å². The summed E-state index contributed by atoms with van der Waals surface area (Å²) >= 11 is 0. The van der Waals surface area contributed by atoms with E-state index in [9.17, 15) is 15.0 Å². The molecule has 1 rings (SSSR count). The van der Waals surface area contributed by atoms with Gasteiger partial charge in [-0.2, -0.15) is 0 Å². The number of aliphatic hydroxyl groups excluding tert-OH is 1. The maximum atomic E-state index is 11.5. The fraction of sp³-hybridized carbons (Fsp3) is 0.500. The molecule has 1 aromatic carbocycles. The molecule has 5 heteroatoms. The molecular weight excluding hydrogens is 308 g/mol. The monoisotopic (exact) mass is 336 g/mol. The van der Waals surface area contributed by atoms with Crippen molar-refractivity contribution in [3.8, 4) is 5.75 Å². The molecule has 23 heavy (non-hydrogen) atoms. The third kappa shape index (κ3) is 4.94. The summed E-state index contributed by atoms with van der Waals surface area (Å²) in [6.45, 7) is 12.2. The molecule has 0 heterocycles. The van der Waals surface area contributed by atoms with Gasteiger partial charge in [0, 0.05) is 5.56 Å². The normalized spacial score (nSPS) is 14.0. The first-order chi connectivity index (χ1) is 10.6. The van der Waals surface area contributed by atoms with E-state index in [1.165, 1.54) is 0 Å². The Morgan fingerprint density at radius 3 is 2.39 bits per heavy atom. The molecule has 4 nitrogen and oxygen atoms in total. The number of carbonyl (C=O) groups is 1. The molecule has 1 aromatic rings. The van der Waals surface area contributed by atoms with Crippen LogP contribution in [-0.2, 0) is 10.2 Å². The molecule has 0 aliphatic carbocycles. The van der Waals surface area contributed by atoms with Gasteiger partial charge in [-0.25, -0.2) is 4.79 Å². The van der Waals surface area contributed by atoms with Crippen molar-refractivity contribution in [1.29, 1.82) is 0 Å². The number of benzene rings is 1. The fourth-order valence-corrected chi connectivity index (χ4v) is 3.17. The molecule has 1 unspecified atom stereocenters. The summed E-state index contributed by atoms with van der Waals surface area (Å²) in [5.41, 5.74) is 1.35. The van der Waals surface area contributed by atoms with E-state index in [0.29, 0.717) is 17.7 Å². The van der Waals surface area contributed by atoms with Crippen molar-refractivity contribution >= 4 is 15.0 Å². The van der Waals surface area contributed by atoms with Gasteiger partial charge in [0.25, 0.3) is 0 Å². The molecule has 2 N–H and O–H groups in total. The predicted octanol–water partition coefficient (Wildman–Crippen LogP) is 3.80. The third-order valence-electron chi connectivity index (χ3n) is 3.47. The summed E-state index contributed by atoms with van der Waals surface area (Å²) in [6.07, 6.45) is 0.901. The zero-order chi connectivity index (χ0) is 17.8. The highest BCUT2D eigenvalue weighted by atomic mass is 28.3. The number of carboxylic acids is 1. The predicted molar refractivity (Wildman–Crippen MR) is 95.6 cm³/mol. The van der Waals surface area contributed by atoms with Gasteiger partial charge in [0.1, 0.15) is 11.9 Å².